The normalized spacial score (nSPS) is 23.8. The highest BCUT2D eigenvalue weighted by atomic mass is 16.7. The minimum absolute atomic E-state index is 0.108. The lowest BCUT2D eigenvalue weighted by Gasteiger charge is -2.39. The summed E-state index contributed by atoms with van der Waals surface area (Å²) in [5, 5.41) is 39.6. The molecular weight excluding hydrogens is 516 g/mol. The Balaban J connectivity index is 2.41. The highest BCUT2D eigenvalue weighted by molar-refractivity contribution is 5.69. The lowest BCUT2D eigenvalue weighted by molar-refractivity contribution is -0.305. The Morgan fingerprint density at radius 3 is 1.77 bits per heavy atom. The maximum Gasteiger partial charge on any atom is 0.306 e. The third-order valence-corrected chi connectivity index (χ3v) is 7.52. The van der Waals surface area contributed by atoms with Crippen molar-refractivity contribution in [1.29, 1.82) is 0 Å². The molecule has 1 rings (SSSR count). The van der Waals surface area contributed by atoms with Gasteiger partial charge < -0.3 is 39.4 Å². The van der Waals surface area contributed by atoms with Crippen LogP contribution in [0.25, 0.3) is 0 Å². The van der Waals surface area contributed by atoms with E-state index in [0.717, 1.165) is 32.1 Å². The second kappa shape index (κ2) is 24.8. The Labute approximate surface area is 242 Å². The molecule has 0 aromatic heterocycles. The van der Waals surface area contributed by atoms with Crippen LogP contribution >= 0.6 is 0 Å². The molecule has 9 nitrogen and oxygen atoms in total. The van der Waals surface area contributed by atoms with Gasteiger partial charge in [0.2, 0.25) is 0 Å². The molecule has 0 aromatic carbocycles. The number of hydrogen-bond acceptors (Lipinski definition) is 9. The number of hydrogen-bond donors (Lipinski definition) is 4. The van der Waals surface area contributed by atoms with Crippen LogP contribution in [-0.4, -0.2) is 89.6 Å². The molecule has 0 bridgehead atoms. The molecule has 6 atom stereocenters. The second-order valence-electron chi connectivity index (χ2n) is 11.3. The van der Waals surface area contributed by atoms with E-state index in [1.54, 1.807) is 0 Å². The van der Waals surface area contributed by atoms with E-state index in [-0.39, 0.29) is 19.2 Å². The fourth-order valence-electron chi connectivity index (χ4n) is 4.90. The quantitative estimate of drug-likeness (QED) is 0.0846. The molecule has 9 heteroatoms. The standard InChI is InChI=1S/C31H60O9/c1-3-5-7-9-11-13-14-16-18-20-27(33)39-25(23-37-21-19-17-15-12-10-8-6-4-2)24-38-31-30(36)29(35)28(34)26(22-32)40-31/h25-26,28-32,34-36H,3-24H2,1-2H3. The molecule has 1 aliphatic rings. The Kier molecular flexibility index (Phi) is 23.0. The van der Waals surface area contributed by atoms with Crippen LogP contribution in [0.4, 0.5) is 0 Å². The summed E-state index contributed by atoms with van der Waals surface area (Å²) >= 11 is 0. The van der Waals surface area contributed by atoms with Crippen LogP contribution in [0.2, 0.25) is 0 Å². The van der Waals surface area contributed by atoms with Gasteiger partial charge in [-0.05, 0) is 12.8 Å². The zero-order valence-electron chi connectivity index (χ0n) is 25.4. The summed E-state index contributed by atoms with van der Waals surface area (Å²) in [6.45, 7) is 4.49. The van der Waals surface area contributed by atoms with Crippen molar-refractivity contribution < 1.29 is 44.2 Å². The van der Waals surface area contributed by atoms with Gasteiger partial charge in [0.25, 0.3) is 0 Å². The molecule has 0 spiro atoms. The molecule has 238 valence electrons. The first-order chi connectivity index (χ1) is 19.4. The van der Waals surface area contributed by atoms with Crippen molar-refractivity contribution in [2.24, 2.45) is 0 Å². The number of aliphatic hydroxyl groups is 4. The van der Waals surface area contributed by atoms with Gasteiger partial charge >= 0.3 is 5.97 Å². The fraction of sp³-hybridized carbons (Fsp3) is 0.968. The van der Waals surface area contributed by atoms with Gasteiger partial charge in [-0.1, -0.05) is 110 Å². The topological polar surface area (TPSA) is 135 Å². The molecule has 1 heterocycles. The summed E-state index contributed by atoms with van der Waals surface area (Å²) in [7, 11) is 0. The Hall–Kier alpha value is -0.810. The predicted molar refractivity (Wildman–Crippen MR) is 155 cm³/mol. The Morgan fingerprint density at radius 1 is 0.700 bits per heavy atom. The van der Waals surface area contributed by atoms with Crippen LogP contribution in [0.3, 0.4) is 0 Å². The van der Waals surface area contributed by atoms with Crippen molar-refractivity contribution in [3.8, 4) is 0 Å². The van der Waals surface area contributed by atoms with Crippen molar-refractivity contribution in [1.82, 2.24) is 0 Å². The van der Waals surface area contributed by atoms with Crippen LogP contribution in [0, 0.1) is 0 Å². The van der Waals surface area contributed by atoms with Crippen molar-refractivity contribution >= 4 is 5.97 Å². The zero-order valence-corrected chi connectivity index (χ0v) is 25.4. The highest BCUT2D eigenvalue weighted by Gasteiger charge is 2.44. The maximum absolute atomic E-state index is 12.5. The Bertz CT molecular complexity index is 589. The van der Waals surface area contributed by atoms with Crippen LogP contribution < -0.4 is 0 Å². The molecular formula is C31H60O9. The first kappa shape index (κ1) is 37.2. The smallest absolute Gasteiger partial charge is 0.306 e. The fourth-order valence-corrected chi connectivity index (χ4v) is 4.90. The molecule has 0 aliphatic carbocycles. The number of unbranched alkanes of at least 4 members (excludes halogenated alkanes) is 15. The molecule has 0 aromatic rings. The van der Waals surface area contributed by atoms with Crippen LogP contribution in [0.5, 0.6) is 0 Å². The molecule has 4 N–H and O–H groups in total. The third-order valence-electron chi connectivity index (χ3n) is 7.52. The predicted octanol–water partition coefficient (Wildman–Crippen LogP) is 4.79. The monoisotopic (exact) mass is 576 g/mol. The van der Waals surface area contributed by atoms with Crippen LogP contribution in [-0.2, 0) is 23.7 Å². The molecule has 0 saturated carbocycles. The molecule has 40 heavy (non-hydrogen) atoms. The Morgan fingerprint density at radius 2 is 1.23 bits per heavy atom. The highest BCUT2D eigenvalue weighted by Crippen LogP contribution is 2.22. The van der Waals surface area contributed by atoms with Gasteiger partial charge in [-0.3, -0.25) is 4.79 Å². The van der Waals surface area contributed by atoms with Gasteiger partial charge in [0.15, 0.2) is 6.29 Å². The maximum atomic E-state index is 12.5. The molecule has 0 radical (unpaired) electrons. The molecule has 1 aliphatic heterocycles. The van der Waals surface area contributed by atoms with Gasteiger partial charge in [-0.25, -0.2) is 0 Å². The number of carbonyl (C=O) groups is 1. The lowest BCUT2D eigenvalue weighted by atomic mass is 9.99. The summed E-state index contributed by atoms with van der Waals surface area (Å²) in [6.07, 6.45) is 12.8. The summed E-state index contributed by atoms with van der Waals surface area (Å²) in [4.78, 5) is 12.5. The van der Waals surface area contributed by atoms with Crippen LogP contribution in [0.1, 0.15) is 129 Å². The molecule has 0 amide bonds. The zero-order chi connectivity index (χ0) is 29.4. The van der Waals surface area contributed by atoms with Gasteiger partial charge in [0.1, 0.15) is 30.5 Å². The average Bonchev–Trinajstić information content (AvgIpc) is 2.95. The first-order valence-electron chi connectivity index (χ1n) is 16.1. The minimum atomic E-state index is -1.53. The van der Waals surface area contributed by atoms with E-state index in [2.05, 4.69) is 13.8 Å². The number of ether oxygens (including phenoxy) is 4. The summed E-state index contributed by atoms with van der Waals surface area (Å²) in [6, 6.07) is 0. The van der Waals surface area contributed by atoms with E-state index >= 15 is 0 Å². The van der Waals surface area contributed by atoms with E-state index in [1.807, 2.05) is 0 Å². The minimum Gasteiger partial charge on any atom is -0.457 e. The largest absolute Gasteiger partial charge is 0.457 e. The number of esters is 1. The second-order valence-corrected chi connectivity index (χ2v) is 11.3. The van der Waals surface area contributed by atoms with Crippen LogP contribution in [0.15, 0.2) is 0 Å². The number of aliphatic hydroxyl groups excluding tert-OH is 4. The van der Waals surface area contributed by atoms with Gasteiger partial charge in [-0.2, -0.15) is 0 Å². The van der Waals surface area contributed by atoms with E-state index < -0.39 is 43.4 Å². The van der Waals surface area contributed by atoms with Gasteiger partial charge in [0, 0.05) is 13.0 Å². The van der Waals surface area contributed by atoms with E-state index in [0.29, 0.717) is 13.0 Å². The van der Waals surface area contributed by atoms with Crippen molar-refractivity contribution in [2.75, 3.05) is 26.4 Å². The summed E-state index contributed by atoms with van der Waals surface area (Å²) in [5.74, 6) is -0.318. The SMILES string of the molecule is CCCCCCCCCCCC(=O)OC(COCCCCCCCCCC)COC1OC(CO)C(O)C(O)C1O. The van der Waals surface area contributed by atoms with Crippen molar-refractivity contribution in [2.45, 2.75) is 166 Å². The average molecular weight is 577 g/mol. The van der Waals surface area contributed by atoms with E-state index in [1.165, 1.54) is 77.0 Å². The first-order valence-corrected chi connectivity index (χ1v) is 16.1. The summed E-state index contributed by atoms with van der Waals surface area (Å²) < 4.78 is 22.5. The van der Waals surface area contributed by atoms with Crippen molar-refractivity contribution in [3.63, 3.8) is 0 Å². The lowest BCUT2D eigenvalue weighted by Crippen LogP contribution is -2.59. The van der Waals surface area contributed by atoms with E-state index in [4.69, 9.17) is 18.9 Å². The van der Waals surface area contributed by atoms with Gasteiger partial charge in [0.05, 0.1) is 19.8 Å². The summed E-state index contributed by atoms with van der Waals surface area (Å²) in [5.41, 5.74) is 0. The van der Waals surface area contributed by atoms with Crippen molar-refractivity contribution in [3.05, 3.63) is 0 Å². The molecule has 1 fully saturated rings. The van der Waals surface area contributed by atoms with E-state index in [9.17, 15) is 25.2 Å². The number of carbonyl (C=O) groups excluding carboxylic acids is 1. The molecule has 6 unspecified atom stereocenters. The third kappa shape index (κ3) is 17.2. The van der Waals surface area contributed by atoms with Gasteiger partial charge in [-0.15, -0.1) is 0 Å². The molecule has 1 saturated heterocycles. The number of rotatable bonds is 26.